The van der Waals surface area contributed by atoms with Crippen molar-refractivity contribution in [2.75, 3.05) is 13.2 Å². The molecule has 1 fully saturated rings. The second kappa shape index (κ2) is 7.00. The molecule has 2 aromatic heterocycles. The fourth-order valence-electron chi connectivity index (χ4n) is 3.22. The first-order valence-corrected chi connectivity index (χ1v) is 8.61. The molecule has 6 heteroatoms. The summed E-state index contributed by atoms with van der Waals surface area (Å²) in [5, 5.41) is 0. The number of esters is 1. The molecular weight excluding hydrogens is 330 g/mol. The van der Waals surface area contributed by atoms with Gasteiger partial charge in [0, 0.05) is 37.8 Å². The number of pyridine rings is 1. The van der Waals surface area contributed by atoms with E-state index in [9.17, 15) is 9.59 Å². The van der Waals surface area contributed by atoms with Crippen molar-refractivity contribution in [1.82, 2.24) is 14.3 Å². The van der Waals surface area contributed by atoms with Gasteiger partial charge in [-0.05, 0) is 17.7 Å². The van der Waals surface area contributed by atoms with E-state index in [1.165, 1.54) is 0 Å². The van der Waals surface area contributed by atoms with E-state index >= 15 is 0 Å². The molecule has 1 atom stereocenters. The number of rotatable bonds is 5. The minimum absolute atomic E-state index is 0.0205. The van der Waals surface area contributed by atoms with Gasteiger partial charge in [0.15, 0.2) is 5.69 Å². The zero-order chi connectivity index (χ0) is 17.9. The van der Waals surface area contributed by atoms with Crippen molar-refractivity contribution in [3.8, 4) is 0 Å². The van der Waals surface area contributed by atoms with Gasteiger partial charge in [-0.25, -0.2) is 9.78 Å². The molecule has 1 amide bonds. The van der Waals surface area contributed by atoms with Gasteiger partial charge >= 0.3 is 5.97 Å². The summed E-state index contributed by atoms with van der Waals surface area (Å²) in [7, 11) is 0. The summed E-state index contributed by atoms with van der Waals surface area (Å²) in [6, 6.07) is 15.4. The summed E-state index contributed by atoms with van der Waals surface area (Å²) in [6.07, 6.45) is 3.89. The number of carbonyl (C=O) groups excluding carboxylic acids is 2. The second-order valence-corrected chi connectivity index (χ2v) is 6.52. The average Bonchev–Trinajstić information content (AvgIpc) is 3.24. The average molecular weight is 349 g/mol. The number of hydrogen-bond donors (Lipinski definition) is 0. The Kier molecular flexibility index (Phi) is 4.39. The van der Waals surface area contributed by atoms with Gasteiger partial charge in [-0.2, -0.15) is 0 Å². The number of nitrogens with zero attached hydrogens (tertiary/aromatic N) is 3. The smallest absolute Gasteiger partial charge is 0.358 e. The summed E-state index contributed by atoms with van der Waals surface area (Å²) in [6.45, 7) is 1.42. The molecule has 1 aliphatic rings. The van der Waals surface area contributed by atoms with Gasteiger partial charge in [0.05, 0.1) is 6.61 Å². The van der Waals surface area contributed by atoms with Gasteiger partial charge in [-0.1, -0.05) is 36.4 Å². The van der Waals surface area contributed by atoms with E-state index in [-0.39, 0.29) is 24.1 Å². The number of amides is 1. The summed E-state index contributed by atoms with van der Waals surface area (Å²) in [5.41, 5.74) is 2.08. The predicted molar refractivity (Wildman–Crippen MR) is 95.4 cm³/mol. The highest BCUT2D eigenvalue weighted by Crippen LogP contribution is 2.21. The van der Waals surface area contributed by atoms with Crippen LogP contribution in [0.5, 0.6) is 0 Å². The molecule has 132 valence electrons. The Morgan fingerprint density at radius 3 is 2.77 bits per heavy atom. The highest BCUT2D eigenvalue weighted by Gasteiger charge is 2.30. The lowest BCUT2D eigenvalue weighted by atomic mass is 10.1. The maximum absolute atomic E-state index is 12.2. The number of ether oxygens (including phenoxy) is 1. The molecule has 4 rings (SSSR count). The molecule has 0 unspecified atom stereocenters. The Balaban J connectivity index is 1.33. The lowest BCUT2D eigenvalue weighted by Gasteiger charge is -2.16. The fourth-order valence-corrected chi connectivity index (χ4v) is 3.22. The van der Waals surface area contributed by atoms with Crippen LogP contribution < -0.4 is 0 Å². The third-order valence-corrected chi connectivity index (χ3v) is 4.53. The molecular formula is C20H19N3O3. The van der Waals surface area contributed by atoms with Gasteiger partial charge in [-0.15, -0.1) is 0 Å². The summed E-state index contributed by atoms with van der Waals surface area (Å²) < 4.78 is 7.17. The quantitative estimate of drug-likeness (QED) is 0.664. The van der Waals surface area contributed by atoms with E-state index in [2.05, 4.69) is 4.98 Å². The monoisotopic (exact) mass is 349 g/mol. The first-order valence-electron chi connectivity index (χ1n) is 8.61. The molecule has 3 aromatic rings. The van der Waals surface area contributed by atoms with Gasteiger partial charge in [0.25, 0.3) is 0 Å². The number of benzene rings is 1. The molecule has 0 aliphatic carbocycles. The van der Waals surface area contributed by atoms with Crippen LogP contribution in [0.4, 0.5) is 0 Å². The first kappa shape index (κ1) is 16.3. The van der Waals surface area contributed by atoms with E-state index in [4.69, 9.17) is 4.74 Å². The molecule has 1 aromatic carbocycles. The third-order valence-electron chi connectivity index (χ3n) is 4.53. The van der Waals surface area contributed by atoms with Gasteiger partial charge in [-0.3, -0.25) is 4.79 Å². The Morgan fingerprint density at radius 2 is 1.96 bits per heavy atom. The Hall–Kier alpha value is -3.15. The normalized spacial score (nSPS) is 17.0. The highest BCUT2D eigenvalue weighted by atomic mass is 16.5. The molecule has 0 bridgehead atoms. The van der Waals surface area contributed by atoms with Crippen molar-refractivity contribution in [2.24, 2.45) is 5.92 Å². The molecule has 1 saturated heterocycles. The van der Waals surface area contributed by atoms with Crippen LogP contribution in [0.1, 0.15) is 22.5 Å². The molecule has 3 heterocycles. The Morgan fingerprint density at radius 1 is 1.15 bits per heavy atom. The molecule has 6 nitrogen and oxygen atoms in total. The van der Waals surface area contributed by atoms with E-state index in [1.807, 2.05) is 59.6 Å². The molecule has 0 spiro atoms. The number of imidazole rings is 1. The summed E-state index contributed by atoms with van der Waals surface area (Å²) in [4.78, 5) is 30.5. The van der Waals surface area contributed by atoms with E-state index in [1.54, 1.807) is 10.6 Å². The van der Waals surface area contributed by atoms with Crippen LogP contribution in [0.25, 0.3) is 5.65 Å². The number of aromatic nitrogens is 2. The van der Waals surface area contributed by atoms with E-state index in [0.717, 1.165) is 5.56 Å². The summed E-state index contributed by atoms with van der Waals surface area (Å²) >= 11 is 0. The fraction of sp³-hybridized carbons (Fsp3) is 0.250. The van der Waals surface area contributed by atoms with Crippen LogP contribution >= 0.6 is 0 Å². The van der Waals surface area contributed by atoms with E-state index in [0.29, 0.717) is 25.2 Å². The van der Waals surface area contributed by atoms with Crippen LogP contribution in [0, 0.1) is 5.92 Å². The van der Waals surface area contributed by atoms with Crippen LogP contribution in [0.15, 0.2) is 60.9 Å². The van der Waals surface area contributed by atoms with Crippen LogP contribution in [-0.2, 0) is 16.1 Å². The Bertz CT molecular complexity index is 903. The number of fused-ring (bicyclic) bond motifs is 1. The van der Waals surface area contributed by atoms with Crippen molar-refractivity contribution in [2.45, 2.75) is 13.0 Å². The van der Waals surface area contributed by atoms with Crippen molar-refractivity contribution < 1.29 is 14.3 Å². The maximum atomic E-state index is 12.2. The topological polar surface area (TPSA) is 63.9 Å². The van der Waals surface area contributed by atoms with Crippen LogP contribution in [-0.4, -0.2) is 39.3 Å². The molecule has 1 aliphatic heterocycles. The lowest BCUT2D eigenvalue weighted by Crippen LogP contribution is -2.25. The van der Waals surface area contributed by atoms with E-state index < -0.39 is 5.97 Å². The van der Waals surface area contributed by atoms with Crippen molar-refractivity contribution in [1.29, 1.82) is 0 Å². The minimum atomic E-state index is -0.456. The van der Waals surface area contributed by atoms with Crippen LogP contribution in [0.2, 0.25) is 0 Å². The zero-order valence-electron chi connectivity index (χ0n) is 14.2. The molecule has 0 saturated carbocycles. The zero-order valence-corrected chi connectivity index (χ0v) is 14.2. The van der Waals surface area contributed by atoms with Gasteiger partial charge < -0.3 is 14.0 Å². The third kappa shape index (κ3) is 3.44. The minimum Gasteiger partial charge on any atom is -0.461 e. The van der Waals surface area contributed by atoms with Gasteiger partial charge in [0.1, 0.15) is 5.65 Å². The van der Waals surface area contributed by atoms with Gasteiger partial charge in [0.2, 0.25) is 5.91 Å². The maximum Gasteiger partial charge on any atom is 0.358 e. The lowest BCUT2D eigenvalue weighted by molar-refractivity contribution is -0.128. The number of hydrogen-bond acceptors (Lipinski definition) is 4. The number of likely N-dealkylation sites (tertiary alicyclic amines) is 1. The molecule has 0 radical (unpaired) electrons. The standard InChI is InChI=1S/C20H19N3O3/c24-19-10-16(12-23(19)11-15-6-2-1-3-7-15)14-26-20(25)17-13-22-9-5-4-8-18(22)21-17/h1-9,13,16H,10-12,14H2/t16-/m0/s1. The Labute approximate surface area is 151 Å². The number of carbonyl (C=O) groups is 2. The van der Waals surface area contributed by atoms with Crippen molar-refractivity contribution >= 4 is 17.5 Å². The molecule has 0 N–H and O–H groups in total. The van der Waals surface area contributed by atoms with Crippen LogP contribution in [0.3, 0.4) is 0 Å². The first-order chi connectivity index (χ1) is 12.7. The highest BCUT2D eigenvalue weighted by molar-refractivity contribution is 5.88. The SMILES string of the molecule is O=C(OC[C@H]1CC(=O)N(Cc2ccccc2)C1)c1cn2ccccc2n1. The van der Waals surface area contributed by atoms with Crippen molar-refractivity contribution in [3.63, 3.8) is 0 Å². The predicted octanol–water partition coefficient (Wildman–Crippen LogP) is 2.54. The molecule has 26 heavy (non-hydrogen) atoms. The largest absolute Gasteiger partial charge is 0.461 e. The second-order valence-electron chi connectivity index (χ2n) is 6.52. The summed E-state index contributed by atoms with van der Waals surface area (Å²) in [5.74, 6) is -0.336. The van der Waals surface area contributed by atoms with Crippen molar-refractivity contribution in [3.05, 3.63) is 72.2 Å².